The van der Waals surface area contributed by atoms with Gasteiger partial charge in [-0.2, -0.15) is 4.98 Å². The molecule has 2 atom stereocenters. The molecule has 7 rings (SSSR count). The number of carbonyl (C=O) groups excluding carboxylic acids is 1. The lowest BCUT2D eigenvalue weighted by molar-refractivity contribution is -0.119. The zero-order valence-electron chi connectivity index (χ0n) is 21.3. The fraction of sp³-hybridized carbons (Fsp3) is 0.346. The van der Waals surface area contributed by atoms with Gasteiger partial charge >= 0.3 is 0 Å². The van der Waals surface area contributed by atoms with Crippen LogP contribution in [0.1, 0.15) is 13.3 Å². The molecular weight excluding hydrogens is 573 g/mol. The van der Waals surface area contributed by atoms with Crippen LogP contribution in [0.2, 0.25) is 0 Å². The highest BCUT2D eigenvalue weighted by molar-refractivity contribution is 7.23. The number of nitrogens with zero attached hydrogens (tertiary/aromatic N) is 4. The summed E-state index contributed by atoms with van der Waals surface area (Å²) in [5.74, 6) is 1.19. The zero-order valence-corrected chi connectivity index (χ0v) is 23.8. The van der Waals surface area contributed by atoms with Crippen molar-refractivity contribution in [3.05, 3.63) is 40.3 Å². The topological polar surface area (TPSA) is 132 Å². The number of rotatable bonds is 7. The SMILES string of the molecule is C[C@H](Oc1nc(Nc2cnc(-c3coc4c(=O)cc(N5CCOCC5)sc34)s2)cc2ncsc12)[C@@H]1CNC(=O)C1. The Morgan fingerprint density at radius 1 is 1.18 bits per heavy atom. The number of fused-ring (bicyclic) bond motifs is 2. The van der Waals surface area contributed by atoms with E-state index in [2.05, 4.69) is 25.5 Å². The van der Waals surface area contributed by atoms with E-state index in [0.29, 0.717) is 43.5 Å². The summed E-state index contributed by atoms with van der Waals surface area (Å²) in [6, 6.07) is 3.51. The maximum Gasteiger partial charge on any atom is 0.235 e. The monoisotopic (exact) mass is 596 g/mol. The number of nitrogens with one attached hydrogen (secondary N) is 2. The molecule has 14 heteroatoms. The summed E-state index contributed by atoms with van der Waals surface area (Å²) < 4.78 is 19.0. The van der Waals surface area contributed by atoms with Gasteiger partial charge in [-0.3, -0.25) is 9.59 Å². The van der Waals surface area contributed by atoms with Crippen molar-refractivity contribution in [2.24, 2.45) is 5.92 Å². The highest BCUT2D eigenvalue weighted by Gasteiger charge is 2.29. The van der Waals surface area contributed by atoms with Crippen molar-refractivity contribution in [3.63, 3.8) is 0 Å². The molecule has 2 N–H and O–H groups in total. The predicted octanol–water partition coefficient (Wildman–Crippen LogP) is 4.47. The maximum absolute atomic E-state index is 12.8. The summed E-state index contributed by atoms with van der Waals surface area (Å²) in [4.78, 5) is 40.5. The third kappa shape index (κ3) is 4.80. The third-order valence-electron chi connectivity index (χ3n) is 7.00. The molecule has 7 heterocycles. The number of anilines is 3. The fourth-order valence-electron chi connectivity index (χ4n) is 4.82. The van der Waals surface area contributed by atoms with E-state index in [9.17, 15) is 9.59 Å². The van der Waals surface area contributed by atoms with Crippen LogP contribution < -0.4 is 25.7 Å². The maximum atomic E-state index is 12.8. The van der Waals surface area contributed by atoms with Gasteiger partial charge < -0.3 is 29.4 Å². The molecule has 1 amide bonds. The first kappa shape index (κ1) is 25.4. The van der Waals surface area contributed by atoms with Gasteiger partial charge in [-0.05, 0) is 6.92 Å². The Hall–Kier alpha value is -3.59. The van der Waals surface area contributed by atoms with Gasteiger partial charge in [0.2, 0.25) is 17.2 Å². The minimum Gasteiger partial charge on any atom is -0.473 e. The molecule has 0 spiro atoms. The molecule has 0 unspecified atom stereocenters. The molecule has 0 aromatic carbocycles. The zero-order chi connectivity index (χ0) is 27.2. The number of morpholine rings is 1. The second-order valence-corrected chi connectivity index (χ2v) is 12.5. The summed E-state index contributed by atoms with van der Waals surface area (Å²) >= 11 is 4.44. The van der Waals surface area contributed by atoms with E-state index in [4.69, 9.17) is 18.9 Å². The van der Waals surface area contributed by atoms with Crippen molar-refractivity contribution in [1.82, 2.24) is 20.3 Å². The van der Waals surface area contributed by atoms with Gasteiger partial charge in [0.1, 0.15) is 32.9 Å². The Labute approximate surface area is 239 Å². The van der Waals surface area contributed by atoms with Crippen LogP contribution in [0.4, 0.5) is 15.8 Å². The van der Waals surface area contributed by atoms with E-state index in [-0.39, 0.29) is 23.4 Å². The molecule has 0 saturated carbocycles. The Bertz CT molecular complexity index is 1770. The first-order valence-corrected chi connectivity index (χ1v) is 15.3. The highest BCUT2D eigenvalue weighted by Crippen LogP contribution is 2.40. The first-order chi connectivity index (χ1) is 19.5. The summed E-state index contributed by atoms with van der Waals surface area (Å²) in [7, 11) is 0. The van der Waals surface area contributed by atoms with Crippen LogP contribution in [-0.4, -0.2) is 59.8 Å². The number of aromatic nitrogens is 3. The summed E-state index contributed by atoms with van der Waals surface area (Å²) in [5.41, 5.74) is 3.52. The van der Waals surface area contributed by atoms with E-state index >= 15 is 0 Å². The standard InChI is InChI=1S/C26H24N6O5S3/c1-13(14-6-19(34)27-9-14)37-25-24-16(29-12-38-24)7-18(31-25)30-20-10-28-26(39-20)15-11-36-22-17(33)8-21(40-23(15)22)32-2-4-35-5-3-32/h7-8,10-14H,2-6,9H2,1H3,(H,27,34)(H,30,31)/t13-,14-/m0/s1. The summed E-state index contributed by atoms with van der Waals surface area (Å²) in [5, 5.41) is 8.60. The smallest absolute Gasteiger partial charge is 0.235 e. The molecule has 2 aliphatic heterocycles. The van der Waals surface area contributed by atoms with Gasteiger partial charge in [-0.15, -0.1) is 22.7 Å². The lowest BCUT2D eigenvalue weighted by Gasteiger charge is -2.27. The van der Waals surface area contributed by atoms with Crippen LogP contribution in [-0.2, 0) is 9.53 Å². The number of pyridine rings is 1. The number of hydrogen-bond donors (Lipinski definition) is 2. The average Bonchev–Trinajstić information content (AvgIpc) is 3.76. The normalized spacial score (nSPS) is 18.4. The number of ether oxygens (including phenoxy) is 2. The van der Waals surface area contributed by atoms with Crippen molar-refractivity contribution < 1.29 is 18.7 Å². The Kier molecular flexibility index (Phi) is 6.62. The molecule has 2 aliphatic rings. The molecule has 206 valence electrons. The number of thiazole rings is 2. The number of hydrogen-bond acceptors (Lipinski definition) is 13. The fourth-order valence-corrected chi connectivity index (χ4v) is 7.60. The summed E-state index contributed by atoms with van der Waals surface area (Å²) in [6.07, 6.45) is 3.59. The van der Waals surface area contributed by atoms with E-state index in [1.807, 2.05) is 13.0 Å². The molecule has 40 heavy (non-hydrogen) atoms. The molecule has 2 fully saturated rings. The second-order valence-electron chi connectivity index (χ2n) is 9.62. The highest BCUT2D eigenvalue weighted by atomic mass is 32.1. The molecule has 0 radical (unpaired) electrons. The number of carbonyl (C=O) groups is 1. The van der Waals surface area contributed by atoms with E-state index in [1.54, 1.807) is 24.0 Å². The van der Waals surface area contributed by atoms with Gasteiger partial charge in [0, 0.05) is 44.1 Å². The predicted molar refractivity (Wildman–Crippen MR) is 156 cm³/mol. The van der Waals surface area contributed by atoms with Crippen LogP contribution in [0.25, 0.3) is 31.1 Å². The lowest BCUT2D eigenvalue weighted by Crippen LogP contribution is -2.36. The molecular formula is C26H24N6O5S3. The second kappa shape index (κ2) is 10.4. The Morgan fingerprint density at radius 2 is 2.05 bits per heavy atom. The van der Waals surface area contributed by atoms with Gasteiger partial charge in [0.15, 0.2) is 5.58 Å². The number of amides is 1. The van der Waals surface area contributed by atoms with Crippen LogP contribution in [0.5, 0.6) is 5.88 Å². The Balaban J connectivity index is 1.16. The van der Waals surface area contributed by atoms with Gasteiger partial charge in [0.25, 0.3) is 0 Å². The lowest BCUT2D eigenvalue weighted by atomic mass is 10.0. The molecule has 5 aromatic rings. The van der Waals surface area contributed by atoms with Gasteiger partial charge in [-0.1, -0.05) is 11.3 Å². The van der Waals surface area contributed by atoms with Gasteiger partial charge in [-0.25, -0.2) is 9.97 Å². The van der Waals surface area contributed by atoms with Crippen molar-refractivity contribution in [2.75, 3.05) is 43.1 Å². The van der Waals surface area contributed by atoms with E-state index in [1.165, 1.54) is 34.0 Å². The number of furan rings is 1. The molecule has 0 bridgehead atoms. The van der Waals surface area contributed by atoms with Gasteiger partial charge in [0.05, 0.1) is 45.7 Å². The minimum absolute atomic E-state index is 0.0442. The first-order valence-electron chi connectivity index (χ1n) is 12.8. The molecule has 0 aliphatic carbocycles. The largest absolute Gasteiger partial charge is 0.473 e. The van der Waals surface area contributed by atoms with Crippen molar-refractivity contribution in [3.8, 4) is 16.5 Å². The third-order valence-corrected chi connectivity index (χ3v) is 9.97. The molecule has 2 saturated heterocycles. The van der Waals surface area contributed by atoms with Crippen molar-refractivity contribution in [2.45, 2.75) is 19.4 Å². The van der Waals surface area contributed by atoms with Crippen LogP contribution >= 0.6 is 34.0 Å². The quantitative estimate of drug-likeness (QED) is 0.277. The van der Waals surface area contributed by atoms with Crippen LogP contribution in [0.15, 0.2) is 39.3 Å². The summed E-state index contributed by atoms with van der Waals surface area (Å²) in [6.45, 7) is 5.33. The van der Waals surface area contributed by atoms with E-state index in [0.717, 1.165) is 48.6 Å². The molecule has 5 aromatic heterocycles. The minimum atomic E-state index is -0.189. The molecule has 11 nitrogen and oxygen atoms in total. The average molecular weight is 597 g/mol. The van der Waals surface area contributed by atoms with Crippen LogP contribution in [0.3, 0.4) is 0 Å². The van der Waals surface area contributed by atoms with Crippen molar-refractivity contribution in [1.29, 1.82) is 0 Å². The van der Waals surface area contributed by atoms with E-state index < -0.39 is 0 Å². The van der Waals surface area contributed by atoms with Crippen LogP contribution in [0, 0.1) is 5.92 Å². The van der Waals surface area contributed by atoms with Crippen molar-refractivity contribution >= 4 is 76.2 Å². The Morgan fingerprint density at radius 3 is 2.88 bits per heavy atom.